The van der Waals surface area contributed by atoms with Gasteiger partial charge in [-0.05, 0) is 50.5 Å². The number of alkyl halides is 2. The van der Waals surface area contributed by atoms with Crippen molar-refractivity contribution in [2.45, 2.75) is 71.3 Å². The fraction of sp³-hybridized carbons (Fsp3) is 0.750. The smallest absolute Gasteiger partial charge is 0.250 e. The average Bonchev–Trinajstić information content (AvgIpc) is 3.19. The van der Waals surface area contributed by atoms with Gasteiger partial charge in [-0.2, -0.15) is 0 Å². The van der Waals surface area contributed by atoms with Crippen LogP contribution in [0.5, 0.6) is 0 Å². The van der Waals surface area contributed by atoms with Crippen LogP contribution >= 0.6 is 11.3 Å². The summed E-state index contributed by atoms with van der Waals surface area (Å²) >= 11 is 1.37. The van der Waals surface area contributed by atoms with Crippen LogP contribution in [0.25, 0.3) is 10.2 Å². The minimum atomic E-state index is -2.70. The number of hydrogen-bond acceptors (Lipinski definition) is 5. The molecule has 4 heterocycles. The van der Waals surface area contributed by atoms with Crippen molar-refractivity contribution < 1.29 is 8.78 Å². The van der Waals surface area contributed by atoms with Crippen molar-refractivity contribution in [1.82, 2.24) is 14.9 Å². The first-order valence-corrected chi connectivity index (χ1v) is 12.6. The fourth-order valence-corrected chi connectivity index (χ4v) is 7.02. The zero-order chi connectivity index (χ0) is 21.8. The number of fused-ring (bicyclic) bond motifs is 1. The number of rotatable bonds is 7. The van der Waals surface area contributed by atoms with Crippen LogP contribution in [0.3, 0.4) is 0 Å². The van der Waals surface area contributed by atoms with E-state index < -0.39 is 5.92 Å². The Labute approximate surface area is 188 Å². The minimum absolute atomic E-state index is 0.231. The number of thiophene rings is 1. The topological polar surface area (TPSA) is 32.3 Å². The van der Waals surface area contributed by atoms with Crippen molar-refractivity contribution in [2.75, 3.05) is 31.1 Å². The van der Waals surface area contributed by atoms with Crippen molar-refractivity contribution in [2.24, 2.45) is 17.3 Å². The van der Waals surface area contributed by atoms with Gasteiger partial charge in [0.25, 0.3) is 0 Å². The molecule has 31 heavy (non-hydrogen) atoms. The third kappa shape index (κ3) is 4.32. The molecule has 0 bridgehead atoms. The van der Waals surface area contributed by atoms with E-state index in [0.717, 1.165) is 53.9 Å². The molecule has 3 fully saturated rings. The van der Waals surface area contributed by atoms with Crippen LogP contribution in [-0.2, 0) is 6.42 Å². The largest absolute Gasteiger partial charge is 0.355 e. The monoisotopic (exact) mass is 448 g/mol. The first-order chi connectivity index (χ1) is 14.7. The van der Waals surface area contributed by atoms with E-state index in [1.165, 1.54) is 56.5 Å². The quantitative estimate of drug-likeness (QED) is 0.551. The molecule has 0 unspecified atom stereocenters. The standard InChI is InChI=1S/C24H34F2N4S/c1-16(2)9-20(17-5-4-6-17)30-13-24(14-30)7-8-29(12-24)21-19-10-18(11-23(3,25)26)31-22(19)28-15-27-21/h10,15-17,20H,4-9,11-14H2,1-3H3/t20-/m1/s1. The average molecular weight is 449 g/mol. The SMILES string of the molecule is CC(C)C[C@H](C1CCC1)N1CC2(CCN(c3ncnc4sc(CC(C)(F)F)cc34)C2)C1. The molecule has 0 aromatic carbocycles. The zero-order valence-corrected chi connectivity index (χ0v) is 19.7. The van der Waals surface area contributed by atoms with E-state index in [-0.39, 0.29) is 6.42 Å². The predicted octanol–water partition coefficient (Wildman–Crippen LogP) is 5.62. The van der Waals surface area contributed by atoms with E-state index in [0.29, 0.717) is 10.3 Å². The molecule has 0 radical (unpaired) electrons. The molecule has 1 spiro atoms. The summed E-state index contributed by atoms with van der Waals surface area (Å²) in [4.78, 5) is 15.6. The highest BCUT2D eigenvalue weighted by Crippen LogP contribution is 2.46. The first-order valence-electron chi connectivity index (χ1n) is 11.8. The molecule has 2 aromatic heterocycles. The molecular formula is C24H34F2N4S. The Morgan fingerprint density at radius 1 is 1.23 bits per heavy atom. The Morgan fingerprint density at radius 3 is 2.65 bits per heavy atom. The van der Waals surface area contributed by atoms with Gasteiger partial charge in [-0.1, -0.05) is 20.3 Å². The van der Waals surface area contributed by atoms with Crippen LogP contribution < -0.4 is 4.90 Å². The molecule has 7 heteroatoms. The molecule has 3 aliphatic rings. The van der Waals surface area contributed by atoms with E-state index in [4.69, 9.17) is 0 Å². The number of aromatic nitrogens is 2. The Balaban J connectivity index is 1.28. The first kappa shape index (κ1) is 21.5. The van der Waals surface area contributed by atoms with Gasteiger partial charge >= 0.3 is 0 Å². The van der Waals surface area contributed by atoms with Gasteiger partial charge in [-0.3, -0.25) is 4.90 Å². The fourth-order valence-electron chi connectivity index (χ4n) is 5.91. The molecule has 4 nitrogen and oxygen atoms in total. The van der Waals surface area contributed by atoms with Gasteiger partial charge in [0, 0.05) is 48.9 Å². The third-order valence-electron chi connectivity index (χ3n) is 7.53. The second-order valence-corrected chi connectivity index (χ2v) is 12.0. The van der Waals surface area contributed by atoms with Gasteiger partial charge in [0.2, 0.25) is 5.92 Å². The summed E-state index contributed by atoms with van der Waals surface area (Å²) in [6.45, 7) is 10.1. The maximum Gasteiger partial charge on any atom is 0.250 e. The summed E-state index contributed by atoms with van der Waals surface area (Å²) < 4.78 is 27.0. The van der Waals surface area contributed by atoms with Crippen molar-refractivity contribution >= 4 is 27.4 Å². The summed E-state index contributed by atoms with van der Waals surface area (Å²) in [5, 5.41) is 0.937. The molecule has 1 atom stereocenters. The molecule has 0 N–H and O–H groups in total. The summed E-state index contributed by atoms with van der Waals surface area (Å²) in [6.07, 6.45) is 8.09. The van der Waals surface area contributed by atoms with E-state index in [9.17, 15) is 8.78 Å². The maximum atomic E-state index is 13.5. The molecule has 2 saturated heterocycles. The van der Waals surface area contributed by atoms with E-state index >= 15 is 0 Å². The Hall–Kier alpha value is -1.34. The van der Waals surface area contributed by atoms with Crippen LogP contribution in [0.4, 0.5) is 14.6 Å². The highest BCUT2D eigenvalue weighted by atomic mass is 32.1. The van der Waals surface area contributed by atoms with Gasteiger partial charge in [0.05, 0.1) is 5.39 Å². The van der Waals surface area contributed by atoms with Gasteiger partial charge in [-0.15, -0.1) is 11.3 Å². The van der Waals surface area contributed by atoms with Crippen LogP contribution in [0.2, 0.25) is 0 Å². The Bertz CT molecular complexity index is 927. The number of nitrogens with zero attached hydrogens (tertiary/aromatic N) is 4. The maximum absolute atomic E-state index is 13.5. The van der Waals surface area contributed by atoms with Crippen molar-refractivity contribution in [1.29, 1.82) is 0 Å². The van der Waals surface area contributed by atoms with E-state index in [2.05, 4.69) is 33.6 Å². The molecule has 2 aromatic rings. The van der Waals surface area contributed by atoms with Gasteiger partial charge < -0.3 is 4.90 Å². The lowest BCUT2D eigenvalue weighted by molar-refractivity contribution is -0.0543. The lowest BCUT2D eigenvalue weighted by Crippen LogP contribution is -2.63. The highest BCUT2D eigenvalue weighted by Gasteiger charge is 2.51. The predicted molar refractivity (Wildman–Crippen MR) is 123 cm³/mol. The summed E-state index contributed by atoms with van der Waals surface area (Å²) in [6, 6.07) is 2.65. The molecule has 170 valence electrons. The van der Waals surface area contributed by atoms with Gasteiger partial charge in [0.1, 0.15) is 17.0 Å². The van der Waals surface area contributed by atoms with Crippen LogP contribution in [0.15, 0.2) is 12.4 Å². The molecule has 0 amide bonds. The third-order valence-corrected chi connectivity index (χ3v) is 8.58. The highest BCUT2D eigenvalue weighted by molar-refractivity contribution is 7.18. The zero-order valence-electron chi connectivity index (χ0n) is 18.9. The lowest BCUT2D eigenvalue weighted by Gasteiger charge is -2.55. The van der Waals surface area contributed by atoms with Gasteiger partial charge in [0.15, 0.2) is 0 Å². The molecule has 1 aliphatic carbocycles. The van der Waals surface area contributed by atoms with Crippen LogP contribution in [0, 0.1) is 17.3 Å². The van der Waals surface area contributed by atoms with Gasteiger partial charge in [-0.25, -0.2) is 18.7 Å². The molecule has 5 rings (SSSR count). The van der Waals surface area contributed by atoms with Crippen molar-refractivity contribution in [3.63, 3.8) is 0 Å². The number of anilines is 1. The lowest BCUT2D eigenvalue weighted by atomic mass is 9.71. The summed E-state index contributed by atoms with van der Waals surface area (Å²) in [5.74, 6) is -0.117. The number of hydrogen-bond donors (Lipinski definition) is 0. The summed E-state index contributed by atoms with van der Waals surface area (Å²) in [7, 11) is 0. The summed E-state index contributed by atoms with van der Waals surface area (Å²) in [5.41, 5.74) is 0.367. The van der Waals surface area contributed by atoms with E-state index in [1.807, 2.05) is 6.07 Å². The van der Waals surface area contributed by atoms with Crippen molar-refractivity contribution in [3.8, 4) is 0 Å². The second kappa shape index (κ2) is 7.91. The number of likely N-dealkylation sites (tertiary alicyclic amines) is 1. The molecule has 2 aliphatic heterocycles. The minimum Gasteiger partial charge on any atom is -0.355 e. The molecular weight excluding hydrogens is 414 g/mol. The van der Waals surface area contributed by atoms with Crippen LogP contribution in [0.1, 0.15) is 57.8 Å². The van der Waals surface area contributed by atoms with Crippen molar-refractivity contribution in [3.05, 3.63) is 17.3 Å². The Morgan fingerprint density at radius 2 is 2.00 bits per heavy atom. The Kier molecular flexibility index (Phi) is 5.48. The van der Waals surface area contributed by atoms with E-state index in [1.54, 1.807) is 6.33 Å². The van der Waals surface area contributed by atoms with Crippen LogP contribution in [-0.4, -0.2) is 53.0 Å². The second-order valence-electron chi connectivity index (χ2n) is 10.8. The number of halogens is 2. The molecule has 1 saturated carbocycles. The normalized spacial score (nSPS) is 23.0.